The Kier molecular flexibility index (Phi) is 4.35. The number of likely N-dealkylation sites (N-methyl/N-ethyl adjacent to an activating group) is 1. The molecule has 3 heterocycles. The van der Waals surface area contributed by atoms with Gasteiger partial charge in [-0.2, -0.15) is 0 Å². The monoisotopic (exact) mass is 446 g/mol. The molecule has 0 radical (unpaired) electrons. The number of amides is 2. The normalized spacial score (nSPS) is 25.4. The number of rotatable bonds is 3. The number of anilines is 1. The van der Waals surface area contributed by atoms with E-state index in [0.29, 0.717) is 6.42 Å². The van der Waals surface area contributed by atoms with Crippen LogP contribution in [-0.2, 0) is 15.1 Å². The molecule has 1 saturated heterocycles. The third-order valence-corrected chi connectivity index (χ3v) is 7.20. The smallest absolute Gasteiger partial charge is 0.239 e. The number of guanidine groups is 1. The van der Waals surface area contributed by atoms with E-state index < -0.39 is 11.5 Å². The molecule has 1 aromatic heterocycles. The van der Waals surface area contributed by atoms with Crippen molar-refractivity contribution in [1.29, 1.82) is 0 Å². The van der Waals surface area contributed by atoms with E-state index in [2.05, 4.69) is 15.9 Å². The number of nitrogens with two attached hydrogens (primary N) is 1. The van der Waals surface area contributed by atoms with Crippen LogP contribution in [0.4, 0.5) is 5.69 Å². The van der Waals surface area contributed by atoms with Crippen LogP contribution in [0.5, 0.6) is 0 Å². The molecule has 0 saturated carbocycles. The van der Waals surface area contributed by atoms with Gasteiger partial charge in [0.25, 0.3) is 0 Å². The van der Waals surface area contributed by atoms with Crippen LogP contribution in [0.2, 0.25) is 0 Å². The topological polar surface area (TPSA) is 79.0 Å². The number of hydrogen-bond acceptors (Lipinski definition) is 5. The van der Waals surface area contributed by atoms with E-state index in [0.717, 1.165) is 27.1 Å². The maximum atomic E-state index is 13.2. The van der Waals surface area contributed by atoms with Crippen molar-refractivity contribution in [3.05, 3.63) is 50.6 Å². The number of benzene rings is 1. The molecule has 2 N–H and O–H groups in total. The van der Waals surface area contributed by atoms with Gasteiger partial charge in [0, 0.05) is 40.4 Å². The fourth-order valence-corrected chi connectivity index (χ4v) is 5.17. The summed E-state index contributed by atoms with van der Waals surface area (Å²) in [6.45, 7) is 2.69. The number of halogens is 1. The highest BCUT2D eigenvalue weighted by Gasteiger charge is 2.48. The quantitative estimate of drug-likeness (QED) is 0.735. The molecule has 1 fully saturated rings. The molecule has 4 rings (SSSR count). The van der Waals surface area contributed by atoms with Crippen molar-refractivity contribution in [3.8, 4) is 0 Å². The Bertz CT molecular complexity index is 955. The van der Waals surface area contributed by atoms with E-state index in [1.807, 2.05) is 42.6 Å². The summed E-state index contributed by atoms with van der Waals surface area (Å²) in [5.41, 5.74) is 6.95. The molecular weight excluding hydrogens is 428 g/mol. The van der Waals surface area contributed by atoms with Crippen molar-refractivity contribution in [2.75, 3.05) is 18.5 Å². The van der Waals surface area contributed by atoms with E-state index in [1.54, 1.807) is 23.3 Å². The standard InChI is InChI=1S/C19H19BrN4O2S/c1-19(14-9-12(20)10-27-14)16(17(26)23(2)18(21)22-19)11-3-5-13(6-4-11)24-8-7-15(24)25/h3-6,9-10,16H,7-8H2,1-2H3,(H2,21,22)/t16?,19-/m1/s1. The van der Waals surface area contributed by atoms with Crippen LogP contribution in [0.15, 0.2) is 45.2 Å². The second kappa shape index (κ2) is 6.45. The Balaban J connectivity index is 1.78. The van der Waals surface area contributed by atoms with E-state index >= 15 is 0 Å². The zero-order valence-corrected chi connectivity index (χ0v) is 17.4. The van der Waals surface area contributed by atoms with Crippen molar-refractivity contribution in [2.45, 2.75) is 24.8 Å². The summed E-state index contributed by atoms with van der Waals surface area (Å²) >= 11 is 5.03. The first-order valence-corrected chi connectivity index (χ1v) is 10.3. The van der Waals surface area contributed by atoms with Gasteiger partial charge in [-0.25, -0.2) is 4.99 Å². The molecule has 6 nitrogen and oxygen atoms in total. The van der Waals surface area contributed by atoms with Gasteiger partial charge < -0.3 is 10.6 Å². The van der Waals surface area contributed by atoms with Crippen LogP contribution in [0.1, 0.15) is 29.7 Å². The zero-order valence-electron chi connectivity index (χ0n) is 15.0. The van der Waals surface area contributed by atoms with Gasteiger partial charge in [-0.1, -0.05) is 12.1 Å². The van der Waals surface area contributed by atoms with Gasteiger partial charge in [0.05, 0.1) is 5.92 Å². The van der Waals surface area contributed by atoms with E-state index in [-0.39, 0.29) is 17.8 Å². The van der Waals surface area contributed by atoms with Gasteiger partial charge >= 0.3 is 0 Å². The van der Waals surface area contributed by atoms with Crippen LogP contribution in [0.3, 0.4) is 0 Å². The molecular formula is C19H19BrN4O2S. The van der Waals surface area contributed by atoms with Crippen LogP contribution >= 0.6 is 27.3 Å². The first kappa shape index (κ1) is 18.2. The lowest BCUT2D eigenvalue weighted by Crippen LogP contribution is -2.52. The van der Waals surface area contributed by atoms with Gasteiger partial charge in [0.2, 0.25) is 11.8 Å². The summed E-state index contributed by atoms with van der Waals surface area (Å²) in [5, 5.41) is 1.98. The van der Waals surface area contributed by atoms with Gasteiger partial charge in [-0.3, -0.25) is 14.5 Å². The summed E-state index contributed by atoms with van der Waals surface area (Å²) in [6.07, 6.45) is 0.590. The van der Waals surface area contributed by atoms with Crippen LogP contribution in [-0.4, -0.2) is 36.3 Å². The Labute approximate surface area is 169 Å². The van der Waals surface area contributed by atoms with Gasteiger partial charge in [0.1, 0.15) is 5.54 Å². The molecule has 0 aliphatic carbocycles. The van der Waals surface area contributed by atoms with Crippen molar-refractivity contribution in [1.82, 2.24) is 4.90 Å². The van der Waals surface area contributed by atoms with E-state index in [9.17, 15) is 9.59 Å². The highest BCUT2D eigenvalue weighted by molar-refractivity contribution is 9.10. The SMILES string of the molecule is CN1C(=O)C(c2ccc(N3CCC3=O)cc2)[C@@](C)(c2cc(Br)cs2)N=C1N. The summed E-state index contributed by atoms with van der Waals surface area (Å²) < 4.78 is 0.953. The predicted molar refractivity (Wildman–Crippen MR) is 110 cm³/mol. The Morgan fingerprint density at radius 2 is 2.00 bits per heavy atom. The van der Waals surface area contributed by atoms with E-state index in [1.165, 1.54) is 4.90 Å². The summed E-state index contributed by atoms with van der Waals surface area (Å²) in [7, 11) is 1.64. The summed E-state index contributed by atoms with van der Waals surface area (Å²) in [6, 6.07) is 9.60. The van der Waals surface area contributed by atoms with Crippen molar-refractivity contribution in [3.63, 3.8) is 0 Å². The molecule has 1 unspecified atom stereocenters. The minimum Gasteiger partial charge on any atom is -0.369 e. The minimum atomic E-state index is -0.793. The van der Waals surface area contributed by atoms with Crippen molar-refractivity contribution >= 4 is 50.7 Å². The fourth-order valence-electron chi connectivity index (χ4n) is 3.60. The first-order valence-electron chi connectivity index (χ1n) is 8.59. The van der Waals surface area contributed by atoms with Crippen molar-refractivity contribution < 1.29 is 9.59 Å². The molecule has 2 aromatic rings. The van der Waals surface area contributed by atoms with Crippen LogP contribution < -0.4 is 10.6 Å². The lowest BCUT2D eigenvalue weighted by atomic mass is 9.77. The molecule has 27 heavy (non-hydrogen) atoms. The molecule has 140 valence electrons. The van der Waals surface area contributed by atoms with Gasteiger partial charge in [-0.05, 0) is 46.6 Å². The lowest BCUT2D eigenvalue weighted by molar-refractivity contribution is -0.130. The Hall–Kier alpha value is -2.19. The molecule has 2 aliphatic heterocycles. The molecule has 8 heteroatoms. The number of nitrogens with zero attached hydrogens (tertiary/aromatic N) is 3. The van der Waals surface area contributed by atoms with Crippen molar-refractivity contribution in [2.24, 2.45) is 10.7 Å². The third-order valence-electron chi connectivity index (χ3n) is 5.28. The second-order valence-corrected chi connectivity index (χ2v) is 8.79. The molecule has 0 bridgehead atoms. The maximum absolute atomic E-state index is 13.2. The van der Waals surface area contributed by atoms with Gasteiger partial charge in [-0.15, -0.1) is 11.3 Å². The first-order chi connectivity index (χ1) is 12.8. The number of β-lactam (4-membered cyclic amide) rings is 1. The number of carbonyl (C=O) groups excluding carboxylic acids is 2. The molecule has 2 aliphatic rings. The fraction of sp³-hybridized carbons (Fsp3) is 0.316. The summed E-state index contributed by atoms with van der Waals surface area (Å²) in [5.74, 6) is -0.253. The largest absolute Gasteiger partial charge is 0.369 e. The van der Waals surface area contributed by atoms with Crippen LogP contribution in [0, 0.1) is 0 Å². The lowest BCUT2D eigenvalue weighted by Gasteiger charge is -2.40. The Morgan fingerprint density at radius 1 is 1.30 bits per heavy atom. The predicted octanol–water partition coefficient (Wildman–Crippen LogP) is 3.03. The molecule has 2 amide bonds. The number of aliphatic imine (C=N–C) groups is 1. The van der Waals surface area contributed by atoms with Gasteiger partial charge in [0.15, 0.2) is 5.96 Å². The Morgan fingerprint density at radius 3 is 2.52 bits per heavy atom. The average Bonchev–Trinajstić information content (AvgIpc) is 3.07. The zero-order chi connectivity index (χ0) is 19.3. The second-order valence-electron chi connectivity index (χ2n) is 6.96. The van der Waals surface area contributed by atoms with Crippen LogP contribution in [0.25, 0.3) is 0 Å². The molecule has 2 atom stereocenters. The number of carbonyl (C=O) groups is 2. The number of thiophene rings is 1. The number of hydrogen-bond donors (Lipinski definition) is 1. The minimum absolute atomic E-state index is 0.0951. The third kappa shape index (κ3) is 2.87. The highest BCUT2D eigenvalue weighted by atomic mass is 79.9. The average molecular weight is 447 g/mol. The maximum Gasteiger partial charge on any atom is 0.239 e. The highest BCUT2D eigenvalue weighted by Crippen LogP contribution is 2.46. The summed E-state index contributed by atoms with van der Waals surface area (Å²) in [4.78, 5) is 33.7. The molecule has 1 aromatic carbocycles. The van der Waals surface area contributed by atoms with E-state index in [4.69, 9.17) is 10.7 Å². The molecule has 0 spiro atoms.